The Morgan fingerprint density at radius 2 is 0.738 bits per heavy atom. The standard InChI is InChI=1S/C60H43N/c1-60(47-26-9-4-10-27-47)53-33-14-11-30-52(53)59-54(60)34-19-37-57(59)61(55-35-15-12-28-48(55)45-40-38-43(39-41-45)42-20-5-2-6-21-42)56-36-16-13-29-50(56)51-32-18-25-46-24-17-31-49(58(46)51)44-22-7-3-8-23-44/h2-41H,1H3. The van der Waals surface area contributed by atoms with Gasteiger partial charge in [-0.2, -0.15) is 0 Å². The molecule has 0 saturated heterocycles. The van der Waals surface area contributed by atoms with Gasteiger partial charge in [0.15, 0.2) is 0 Å². The van der Waals surface area contributed by atoms with Crippen LogP contribution < -0.4 is 4.90 Å². The molecule has 0 amide bonds. The van der Waals surface area contributed by atoms with Gasteiger partial charge in [-0.05, 0) is 91.5 Å². The SMILES string of the molecule is CC1(c2ccccc2)c2ccccc2-c2c(N(c3ccccc3-c3ccc(-c4ccccc4)cc3)c3ccccc3-c3cccc4cccc(-c5ccccc5)c34)cccc21. The molecule has 0 bridgehead atoms. The second-order valence-corrected chi connectivity index (χ2v) is 16.1. The van der Waals surface area contributed by atoms with Gasteiger partial charge in [-0.25, -0.2) is 0 Å². The fraction of sp³-hybridized carbons (Fsp3) is 0.0333. The second-order valence-electron chi connectivity index (χ2n) is 16.1. The third-order valence-corrected chi connectivity index (χ3v) is 12.8. The van der Waals surface area contributed by atoms with Gasteiger partial charge in [-0.3, -0.25) is 0 Å². The summed E-state index contributed by atoms with van der Waals surface area (Å²) >= 11 is 0. The molecule has 0 aromatic heterocycles. The van der Waals surface area contributed by atoms with Crippen molar-refractivity contribution in [2.75, 3.05) is 4.90 Å². The van der Waals surface area contributed by atoms with Crippen LogP contribution in [0, 0.1) is 0 Å². The molecule has 0 radical (unpaired) electrons. The van der Waals surface area contributed by atoms with Crippen molar-refractivity contribution in [3.05, 3.63) is 259 Å². The number of fused-ring (bicyclic) bond motifs is 4. The van der Waals surface area contributed by atoms with E-state index in [0.717, 1.165) is 28.2 Å². The number of rotatable bonds is 8. The second kappa shape index (κ2) is 15.1. The van der Waals surface area contributed by atoms with E-state index in [1.165, 1.54) is 72.0 Å². The molecule has 11 rings (SSSR count). The third kappa shape index (κ3) is 6.09. The number of anilines is 3. The molecule has 0 aliphatic heterocycles. The van der Waals surface area contributed by atoms with Crippen molar-refractivity contribution in [2.24, 2.45) is 0 Å². The molecule has 1 unspecified atom stereocenters. The zero-order valence-corrected chi connectivity index (χ0v) is 34.0. The number of para-hydroxylation sites is 2. The third-order valence-electron chi connectivity index (χ3n) is 12.8. The van der Waals surface area contributed by atoms with E-state index in [2.05, 4.69) is 254 Å². The van der Waals surface area contributed by atoms with Crippen molar-refractivity contribution in [3.63, 3.8) is 0 Å². The van der Waals surface area contributed by atoms with E-state index in [-0.39, 0.29) is 5.41 Å². The molecular weight excluding hydrogens is 735 g/mol. The molecule has 1 heteroatoms. The Bertz CT molecular complexity index is 3180. The summed E-state index contributed by atoms with van der Waals surface area (Å²) in [6, 6.07) is 88.8. The highest BCUT2D eigenvalue weighted by Crippen LogP contribution is 2.58. The van der Waals surface area contributed by atoms with Crippen LogP contribution in [0.3, 0.4) is 0 Å². The van der Waals surface area contributed by atoms with Crippen LogP contribution >= 0.6 is 0 Å². The minimum Gasteiger partial charge on any atom is -0.309 e. The summed E-state index contributed by atoms with van der Waals surface area (Å²) < 4.78 is 0. The van der Waals surface area contributed by atoms with Crippen molar-refractivity contribution < 1.29 is 0 Å². The Balaban J connectivity index is 1.20. The lowest BCUT2D eigenvalue weighted by Gasteiger charge is -2.33. The summed E-state index contributed by atoms with van der Waals surface area (Å²) in [7, 11) is 0. The molecule has 61 heavy (non-hydrogen) atoms. The number of hydrogen-bond acceptors (Lipinski definition) is 1. The first-order valence-electron chi connectivity index (χ1n) is 21.2. The molecule has 1 atom stereocenters. The van der Waals surface area contributed by atoms with Crippen LogP contribution in [0.4, 0.5) is 17.1 Å². The van der Waals surface area contributed by atoms with E-state index in [4.69, 9.17) is 0 Å². The van der Waals surface area contributed by atoms with E-state index in [1.807, 2.05) is 0 Å². The number of hydrogen-bond donors (Lipinski definition) is 0. The van der Waals surface area contributed by atoms with Crippen molar-refractivity contribution in [1.29, 1.82) is 0 Å². The van der Waals surface area contributed by atoms with Gasteiger partial charge >= 0.3 is 0 Å². The lowest BCUT2D eigenvalue weighted by molar-refractivity contribution is 0.714. The maximum atomic E-state index is 2.55. The first-order chi connectivity index (χ1) is 30.2. The predicted molar refractivity (Wildman–Crippen MR) is 258 cm³/mol. The average Bonchev–Trinajstić information content (AvgIpc) is 3.61. The highest BCUT2D eigenvalue weighted by Gasteiger charge is 2.42. The van der Waals surface area contributed by atoms with Crippen LogP contribution in [-0.2, 0) is 5.41 Å². The molecule has 0 saturated carbocycles. The molecule has 0 fully saturated rings. The first kappa shape index (κ1) is 36.3. The maximum absolute atomic E-state index is 2.55. The Kier molecular flexibility index (Phi) is 9.02. The van der Waals surface area contributed by atoms with E-state index in [0.29, 0.717) is 0 Å². The number of nitrogens with zero attached hydrogens (tertiary/aromatic N) is 1. The molecule has 0 spiro atoms. The van der Waals surface area contributed by atoms with Gasteiger partial charge < -0.3 is 4.90 Å². The summed E-state index contributed by atoms with van der Waals surface area (Å²) in [5.41, 5.74) is 19.0. The molecule has 1 aliphatic rings. The molecule has 288 valence electrons. The monoisotopic (exact) mass is 777 g/mol. The van der Waals surface area contributed by atoms with Crippen molar-refractivity contribution in [3.8, 4) is 55.6 Å². The molecule has 1 aliphatic carbocycles. The highest BCUT2D eigenvalue weighted by molar-refractivity contribution is 6.10. The largest absolute Gasteiger partial charge is 0.309 e. The first-order valence-corrected chi connectivity index (χ1v) is 21.2. The van der Waals surface area contributed by atoms with E-state index < -0.39 is 0 Å². The fourth-order valence-corrected chi connectivity index (χ4v) is 9.89. The lowest BCUT2D eigenvalue weighted by Crippen LogP contribution is -2.22. The summed E-state index contributed by atoms with van der Waals surface area (Å²) in [6.07, 6.45) is 0. The minimum atomic E-state index is -0.346. The number of benzene rings is 10. The molecule has 0 N–H and O–H groups in total. The highest BCUT2D eigenvalue weighted by atomic mass is 15.2. The summed E-state index contributed by atoms with van der Waals surface area (Å²) in [6.45, 7) is 2.40. The molecule has 0 heterocycles. The van der Waals surface area contributed by atoms with Gasteiger partial charge in [0.2, 0.25) is 0 Å². The fourth-order valence-electron chi connectivity index (χ4n) is 9.89. The topological polar surface area (TPSA) is 3.24 Å². The van der Waals surface area contributed by atoms with Gasteiger partial charge in [-0.1, -0.05) is 224 Å². The maximum Gasteiger partial charge on any atom is 0.0543 e. The quantitative estimate of drug-likeness (QED) is 0.149. The Morgan fingerprint density at radius 1 is 0.295 bits per heavy atom. The molecule has 10 aromatic rings. The van der Waals surface area contributed by atoms with Gasteiger partial charge in [0, 0.05) is 22.1 Å². The van der Waals surface area contributed by atoms with E-state index in [9.17, 15) is 0 Å². The Hall–Kier alpha value is -7.74. The zero-order valence-electron chi connectivity index (χ0n) is 34.0. The average molecular weight is 778 g/mol. The summed E-state index contributed by atoms with van der Waals surface area (Å²) in [4.78, 5) is 2.55. The summed E-state index contributed by atoms with van der Waals surface area (Å²) in [5, 5.41) is 2.46. The molecule has 1 nitrogen and oxygen atoms in total. The van der Waals surface area contributed by atoms with Gasteiger partial charge in [0.05, 0.1) is 17.1 Å². The van der Waals surface area contributed by atoms with Crippen molar-refractivity contribution >= 4 is 27.8 Å². The van der Waals surface area contributed by atoms with Gasteiger partial charge in [0.1, 0.15) is 0 Å². The Morgan fingerprint density at radius 3 is 1.44 bits per heavy atom. The van der Waals surface area contributed by atoms with Crippen LogP contribution in [0.1, 0.15) is 23.6 Å². The van der Waals surface area contributed by atoms with Gasteiger partial charge in [-0.15, -0.1) is 0 Å². The van der Waals surface area contributed by atoms with E-state index >= 15 is 0 Å². The van der Waals surface area contributed by atoms with Crippen LogP contribution in [0.15, 0.2) is 243 Å². The minimum absolute atomic E-state index is 0.346. The Labute approximate surface area is 358 Å². The predicted octanol–water partition coefficient (Wildman–Crippen LogP) is 16.3. The lowest BCUT2D eigenvalue weighted by atomic mass is 9.74. The zero-order chi connectivity index (χ0) is 40.8. The van der Waals surface area contributed by atoms with Crippen molar-refractivity contribution in [1.82, 2.24) is 0 Å². The van der Waals surface area contributed by atoms with Crippen LogP contribution in [0.2, 0.25) is 0 Å². The van der Waals surface area contributed by atoms with Crippen molar-refractivity contribution in [2.45, 2.75) is 12.3 Å². The van der Waals surface area contributed by atoms with E-state index in [1.54, 1.807) is 0 Å². The van der Waals surface area contributed by atoms with Crippen LogP contribution in [-0.4, -0.2) is 0 Å². The van der Waals surface area contributed by atoms with Crippen LogP contribution in [0.25, 0.3) is 66.4 Å². The van der Waals surface area contributed by atoms with Crippen LogP contribution in [0.5, 0.6) is 0 Å². The summed E-state index contributed by atoms with van der Waals surface area (Å²) in [5.74, 6) is 0. The molecule has 10 aromatic carbocycles. The normalized spacial score (nSPS) is 14.0. The van der Waals surface area contributed by atoms with Gasteiger partial charge in [0.25, 0.3) is 0 Å². The smallest absolute Gasteiger partial charge is 0.0543 e. The molecular formula is C60H43N.